The zero-order valence-electron chi connectivity index (χ0n) is 16.0. The molecule has 4 aromatic rings. The van der Waals surface area contributed by atoms with Crippen molar-refractivity contribution >= 4 is 16.9 Å². The molecule has 0 unspecified atom stereocenters. The lowest BCUT2D eigenvalue weighted by molar-refractivity contribution is 0.0940. The van der Waals surface area contributed by atoms with Gasteiger partial charge in [0.25, 0.3) is 5.91 Å². The van der Waals surface area contributed by atoms with Crippen molar-refractivity contribution in [3.05, 3.63) is 66.3 Å². The molecule has 0 saturated carbocycles. The monoisotopic (exact) mass is 375 g/mol. The molecule has 7 nitrogen and oxygen atoms in total. The Morgan fingerprint density at radius 2 is 2.04 bits per heavy atom. The molecule has 4 heterocycles. The van der Waals surface area contributed by atoms with E-state index in [1.165, 1.54) is 0 Å². The molecule has 4 aromatic heterocycles. The maximum atomic E-state index is 13.1. The van der Waals surface area contributed by atoms with Crippen LogP contribution < -0.4 is 5.32 Å². The van der Waals surface area contributed by atoms with Crippen LogP contribution >= 0.6 is 0 Å². The summed E-state index contributed by atoms with van der Waals surface area (Å²) in [6.45, 7) is 5.96. The quantitative estimate of drug-likeness (QED) is 0.566. The third-order valence-electron chi connectivity index (χ3n) is 4.55. The van der Waals surface area contributed by atoms with Crippen molar-refractivity contribution in [2.75, 3.05) is 0 Å². The molecule has 0 saturated heterocycles. The predicted molar refractivity (Wildman–Crippen MR) is 106 cm³/mol. The van der Waals surface area contributed by atoms with Crippen molar-refractivity contribution in [1.29, 1.82) is 0 Å². The number of aromatic nitrogens is 4. The molecule has 1 amide bonds. The van der Waals surface area contributed by atoms with Crippen molar-refractivity contribution in [1.82, 2.24) is 25.1 Å². The highest BCUT2D eigenvalue weighted by Crippen LogP contribution is 2.27. The summed E-state index contributed by atoms with van der Waals surface area (Å²) in [5.41, 5.74) is 2.55. The van der Waals surface area contributed by atoms with E-state index in [2.05, 4.69) is 15.4 Å². The molecule has 28 heavy (non-hydrogen) atoms. The molecule has 0 fully saturated rings. The first-order valence-corrected chi connectivity index (χ1v) is 9.18. The van der Waals surface area contributed by atoms with E-state index in [1.807, 2.05) is 45.0 Å². The van der Waals surface area contributed by atoms with Gasteiger partial charge in [0, 0.05) is 12.2 Å². The minimum Gasteiger partial charge on any atom is -0.463 e. The van der Waals surface area contributed by atoms with Gasteiger partial charge in [-0.3, -0.25) is 9.78 Å². The van der Waals surface area contributed by atoms with Crippen LogP contribution in [0.1, 0.15) is 48.9 Å². The molecule has 0 spiro atoms. The molecule has 0 radical (unpaired) electrons. The van der Waals surface area contributed by atoms with Crippen LogP contribution in [0.2, 0.25) is 0 Å². The van der Waals surface area contributed by atoms with Crippen LogP contribution in [0.3, 0.4) is 0 Å². The zero-order chi connectivity index (χ0) is 19.7. The van der Waals surface area contributed by atoms with Crippen molar-refractivity contribution in [2.24, 2.45) is 0 Å². The number of amides is 1. The van der Waals surface area contributed by atoms with Crippen molar-refractivity contribution in [3.63, 3.8) is 0 Å². The molecular weight excluding hydrogens is 354 g/mol. The number of carbonyl (C=O) groups is 1. The van der Waals surface area contributed by atoms with E-state index >= 15 is 0 Å². The van der Waals surface area contributed by atoms with Gasteiger partial charge in [-0.05, 0) is 51.1 Å². The Morgan fingerprint density at radius 1 is 1.18 bits per heavy atom. The Hall–Kier alpha value is -3.48. The van der Waals surface area contributed by atoms with Crippen molar-refractivity contribution < 1.29 is 9.21 Å². The van der Waals surface area contributed by atoms with E-state index in [0.29, 0.717) is 28.1 Å². The van der Waals surface area contributed by atoms with Gasteiger partial charge in [0.05, 0.1) is 35.1 Å². The fourth-order valence-corrected chi connectivity index (χ4v) is 3.11. The summed E-state index contributed by atoms with van der Waals surface area (Å²) in [5, 5.41) is 8.15. The first-order valence-electron chi connectivity index (χ1n) is 9.18. The Balaban J connectivity index is 1.77. The second-order valence-electron chi connectivity index (χ2n) is 6.90. The van der Waals surface area contributed by atoms with Crippen LogP contribution in [0.5, 0.6) is 0 Å². The Bertz CT molecular complexity index is 1100. The molecule has 7 heteroatoms. The molecule has 0 aromatic carbocycles. The van der Waals surface area contributed by atoms with Gasteiger partial charge < -0.3 is 9.73 Å². The number of hydrogen-bond acceptors (Lipinski definition) is 5. The largest absolute Gasteiger partial charge is 0.463 e. The first kappa shape index (κ1) is 17.9. The third kappa shape index (κ3) is 3.26. The molecule has 0 aliphatic carbocycles. The molecule has 0 aliphatic heterocycles. The Labute approximate surface area is 162 Å². The average Bonchev–Trinajstić information content (AvgIpc) is 3.37. The van der Waals surface area contributed by atoms with Crippen LogP contribution in [0.4, 0.5) is 0 Å². The Kier molecular flexibility index (Phi) is 4.65. The van der Waals surface area contributed by atoms with E-state index < -0.39 is 0 Å². The molecule has 1 atom stereocenters. The van der Waals surface area contributed by atoms with E-state index in [4.69, 9.17) is 9.40 Å². The highest BCUT2D eigenvalue weighted by molar-refractivity contribution is 6.06. The van der Waals surface area contributed by atoms with Gasteiger partial charge in [0.2, 0.25) is 0 Å². The molecule has 142 valence electrons. The lowest BCUT2D eigenvalue weighted by Crippen LogP contribution is -2.27. The predicted octanol–water partition coefficient (Wildman–Crippen LogP) is 4.16. The number of carbonyl (C=O) groups excluding carboxylic acids is 1. The zero-order valence-corrected chi connectivity index (χ0v) is 16.0. The summed E-state index contributed by atoms with van der Waals surface area (Å²) in [7, 11) is 0. The van der Waals surface area contributed by atoms with Crippen LogP contribution in [0, 0.1) is 0 Å². The molecular formula is C21H21N5O2. The Morgan fingerprint density at radius 3 is 2.71 bits per heavy atom. The van der Waals surface area contributed by atoms with Crippen molar-refractivity contribution in [3.8, 4) is 11.5 Å². The van der Waals surface area contributed by atoms with Crippen molar-refractivity contribution in [2.45, 2.75) is 32.9 Å². The van der Waals surface area contributed by atoms with E-state index in [-0.39, 0.29) is 18.0 Å². The van der Waals surface area contributed by atoms with Crippen LogP contribution in [0.25, 0.3) is 22.5 Å². The summed E-state index contributed by atoms with van der Waals surface area (Å²) in [5.74, 6) is 0.395. The highest BCUT2D eigenvalue weighted by Gasteiger charge is 2.21. The van der Waals surface area contributed by atoms with Gasteiger partial charge in [-0.1, -0.05) is 6.07 Å². The minimum absolute atomic E-state index is 0.111. The second kappa shape index (κ2) is 7.26. The maximum absolute atomic E-state index is 13.1. The summed E-state index contributed by atoms with van der Waals surface area (Å²) >= 11 is 0. The van der Waals surface area contributed by atoms with E-state index in [9.17, 15) is 4.79 Å². The summed E-state index contributed by atoms with van der Waals surface area (Å²) in [6.07, 6.45) is 4.99. The van der Waals surface area contributed by atoms with Crippen LogP contribution in [-0.4, -0.2) is 25.7 Å². The van der Waals surface area contributed by atoms with Gasteiger partial charge >= 0.3 is 0 Å². The topological polar surface area (TPSA) is 85.8 Å². The minimum atomic E-state index is -0.232. The van der Waals surface area contributed by atoms with E-state index in [0.717, 1.165) is 5.69 Å². The number of fused-ring (bicyclic) bond motifs is 1. The van der Waals surface area contributed by atoms with Crippen LogP contribution in [-0.2, 0) is 0 Å². The molecule has 1 N–H and O–H groups in total. The second-order valence-corrected chi connectivity index (χ2v) is 6.90. The normalized spacial score (nSPS) is 12.4. The lowest BCUT2D eigenvalue weighted by Gasteiger charge is -2.14. The number of nitrogens with zero attached hydrogens (tertiary/aromatic N) is 4. The fourth-order valence-electron chi connectivity index (χ4n) is 3.11. The lowest BCUT2D eigenvalue weighted by atomic mass is 10.1. The summed E-state index contributed by atoms with van der Waals surface area (Å²) in [4.78, 5) is 22.1. The van der Waals surface area contributed by atoms with Gasteiger partial charge in [-0.15, -0.1) is 0 Å². The molecule has 0 aliphatic rings. The number of pyridine rings is 2. The third-order valence-corrected chi connectivity index (χ3v) is 4.55. The van der Waals surface area contributed by atoms with Crippen LogP contribution in [0.15, 0.2) is 59.5 Å². The van der Waals surface area contributed by atoms with Gasteiger partial charge in [-0.2, -0.15) is 5.10 Å². The number of nitrogens with one attached hydrogen (secondary N) is 1. The number of furan rings is 1. The van der Waals surface area contributed by atoms with Gasteiger partial charge in [0.1, 0.15) is 5.69 Å². The van der Waals surface area contributed by atoms with Gasteiger partial charge in [0.15, 0.2) is 11.4 Å². The summed E-state index contributed by atoms with van der Waals surface area (Å²) < 4.78 is 7.30. The summed E-state index contributed by atoms with van der Waals surface area (Å²) in [6, 6.07) is 10.9. The number of hydrogen-bond donors (Lipinski definition) is 1. The SMILES string of the molecule is CC(C)n1ncc2c(C(=O)N[C@@H](C)c3ccccn3)cc(-c3ccco3)nc21. The van der Waals surface area contributed by atoms with E-state index in [1.54, 1.807) is 35.5 Å². The standard InChI is InChI=1S/C21H21N5O2/c1-13(2)26-20-16(12-23-26)15(11-18(25-20)19-8-6-10-28-19)21(27)24-14(3)17-7-4-5-9-22-17/h4-14H,1-3H3,(H,24,27)/t14-/m0/s1. The highest BCUT2D eigenvalue weighted by atomic mass is 16.3. The molecule has 4 rings (SSSR count). The maximum Gasteiger partial charge on any atom is 0.252 e. The average molecular weight is 375 g/mol. The first-order chi connectivity index (χ1) is 13.5. The fraction of sp³-hybridized carbons (Fsp3) is 0.238. The van der Waals surface area contributed by atoms with Gasteiger partial charge in [-0.25, -0.2) is 9.67 Å². The number of rotatable bonds is 5. The molecule has 0 bridgehead atoms. The smallest absolute Gasteiger partial charge is 0.252 e.